The molecule has 0 radical (unpaired) electrons. The van der Waals surface area contributed by atoms with Gasteiger partial charge >= 0.3 is 0 Å². The first-order chi connectivity index (χ1) is 13.7. The van der Waals surface area contributed by atoms with Crippen molar-refractivity contribution >= 4 is 44.8 Å². The van der Waals surface area contributed by atoms with E-state index in [1.807, 2.05) is 6.07 Å². The fourth-order valence-electron chi connectivity index (χ4n) is 4.34. The molecule has 0 bridgehead atoms. The molecule has 2 atom stereocenters. The van der Waals surface area contributed by atoms with Gasteiger partial charge in [-0.25, -0.2) is 0 Å². The van der Waals surface area contributed by atoms with Gasteiger partial charge in [0.1, 0.15) is 11.2 Å². The molecule has 1 aliphatic carbocycles. The molecule has 7 heteroatoms. The first kappa shape index (κ1) is 20.8. The third kappa shape index (κ3) is 3.60. The number of benzene rings is 1. The van der Waals surface area contributed by atoms with Gasteiger partial charge in [0.25, 0.3) is 5.91 Å². The van der Waals surface area contributed by atoms with Crippen molar-refractivity contribution in [1.29, 1.82) is 0 Å². The molecule has 2 aliphatic rings. The molecule has 5 nitrogen and oxygen atoms in total. The predicted octanol–water partition coefficient (Wildman–Crippen LogP) is 5.46. The van der Waals surface area contributed by atoms with Crippen LogP contribution in [-0.4, -0.2) is 18.1 Å². The van der Waals surface area contributed by atoms with E-state index >= 15 is 0 Å². The number of ether oxygens (including phenoxy) is 1. The molecule has 0 spiro atoms. The van der Waals surface area contributed by atoms with Gasteiger partial charge in [0.05, 0.1) is 16.2 Å². The highest BCUT2D eigenvalue weighted by molar-refractivity contribution is 14.1. The maximum atomic E-state index is 13.0. The molecule has 4 rings (SSSR count). The number of halogens is 1. The van der Waals surface area contributed by atoms with Gasteiger partial charge in [-0.05, 0) is 76.4 Å². The van der Waals surface area contributed by atoms with Crippen molar-refractivity contribution < 1.29 is 14.6 Å². The second kappa shape index (κ2) is 7.65. The number of thiophene rings is 1. The summed E-state index contributed by atoms with van der Waals surface area (Å²) in [7, 11) is 1.53. The SMILES string of the molecule is CCC(C)(C)C1CCc2c(sc3c2C(=O)NC(c2cc(I)c(O)c(OC)c2)N3)C1. The van der Waals surface area contributed by atoms with Crippen LogP contribution < -0.4 is 15.4 Å². The number of methoxy groups -OCH3 is 1. The number of phenolic OH excluding ortho intramolecular Hbond substituents is 1. The minimum Gasteiger partial charge on any atom is -0.504 e. The monoisotopic (exact) mass is 526 g/mol. The Morgan fingerprint density at radius 2 is 2.10 bits per heavy atom. The van der Waals surface area contributed by atoms with Crippen LogP contribution in [0.3, 0.4) is 0 Å². The maximum absolute atomic E-state index is 13.0. The lowest BCUT2D eigenvalue weighted by molar-refractivity contribution is 0.0934. The van der Waals surface area contributed by atoms with E-state index in [-0.39, 0.29) is 17.8 Å². The summed E-state index contributed by atoms with van der Waals surface area (Å²) in [5.74, 6) is 1.16. The molecule has 1 amide bonds. The number of carbonyl (C=O) groups excluding carboxylic acids is 1. The number of carbonyl (C=O) groups is 1. The lowest BCUT2D eigenvalue weighted by Gasteiger charge is -2.36. The number of aromatic hydroxyl groups is 1. The first-order valence-corrected chi connectivity index (χ1v) is 11.9. The maximum Gasteiger partial charge on any atom is 0.256 e. The third-order valence-electron chi connectivity index (χ3n) is 6.66. The van der Waals surface area contributed by atoms with E-state index in [4.69, 9.17) is 4.74 Å². The van der Waals surface area contributed by atoms with E-state index in [0.29, 0.717) is 20.7 Å². The number of nitrogens with one attached hydrogen (secondary N) is 2. The molecule has 2 aromatic rings. The standard InChI is InChI=1S/C22H27IN2O3S/c1-5-22(2,3)12-6-7-13-16(10-12)29-21-17(13)20(27)24-19(25-21)11-8-14(23)18(26)15(9-11)28-4/h8-9,12,19,25-26H,5-7,10H2,1-4H3,(H,24,27). The summed E-state index contributed by atoms with van der Waals surface area (Å²) in [4.78, 5) is 14.4. The minimum absolute atomic E-state index is 0.0171. The fraction of sp³-hybridized carbons (Fsp3) is 0.500. The summed E-state index contributed by atoms with van der Waals surface area (Å²) in [6.07, 6.45) is 3.99. The van der Waals surface area contributed by atoms with Crippen molar-refractivity contribution in [3.05, 3.63) is 37.3 Å². The van der Waals surface area contributed by atoms with Crippen LogP contribution in [0, 0.1) is 14.9 Å². The van der Waals surface area contributed by atoms with Gasteiger partial charge in [0, 0.05) is 4.88 Å². The normalized spacial score (nSPS) is 21.1. The van der Waals surface area contributed by atoms with Crippen LogP contribution in [0.5, 0.6) is 11.5 Å². The molecule has 2 heterocycles. The molecule has 29 heavy (non-hydrogen) atoms. The van der Waals surface area contributed by atoms with Crippen LogP contribution in [-0.2, 0) is 12.8 Å². The van der Waals surface area contributed by atoms with Crippen molar-refractivity contribution in [1.82, 2.24) is 5.32 Å². The summed E-state index contributed by atoms with van der Waals surface area (Å²) in [5.41, 5.74) is 3.24. The number of anilines is 1. The Morgan fingerprint density at radius 3 is 2.79 bits per heavy atom. The van der Waals surface area contributed by atoms with Crippen LogP contribution >= 0.6 is 33.9 Å². The second-order valence-corrected chi connectivity index (χ2v) is 10.9. The molecule has 2 unspecified atom stereocenters. The molecule has 3 N–H and O–H groups in total. The highest BCUT2D eigenvalue weighted by atomic mass is 127. The van der Waals surface area contributed by atoms with Crippen molar-refractivity contribution in [3.8, 4) is 11.5 Å². The van der Waals surface area contributed by atoms with E-state index in [1.165, 1.54) is 24.0 Å². The van der Waals surface area contributed by atoms with Crippen LogP contribution in [0.4, 0.5) is 5.00 Å². The Morgan fingerprint density at radius 1 is 1.34 bits per heavy atom. The van der Waals surface area contributed by atoms with Crippen LogP contribution in [0.25, 0.3) is 0 Å². The zero-order valence-electron chi connectivity index (χ0n) is 17.2. The fourth-order valence-corrected chi connectivity index (χ4v) is 6.32. The van der Waals surface area contributed by atoms with Crippen molar-refractivity contribution in [2.45, 2.75) is 52.6 Å². The molecule has 156 valence electrons. The number of hydrogen-bond donors (Lipinski definition) is 3. The summed E-state index contributed by atoms with van der Waals surface area (Å²) < 4.78 is 5.97. The zero-order valence-corrected chi connectivity index (χ0v) is 20.2. The average Bonchev–Trinajstić information content (AvgIpc) is 3.07. The summed E-state index contributed by atoms with van der Waals surface area (Å²) in [5, 5.41) is 17.7. The van der Waals surface area contributed by atoms with Crippen molar-refractivity contribution in [3.63, 3.8) is 0 Å². The van der Waals surface area contributed by atoms with Crippen molar-refractivity contribution in [2.75, 3.05) is 12.4 Å². The van der Waals surface area contributed by atoms with E-state index in [9.17, 15) is 9.90 Å². The number of rotatable bonds is 4. The van der Waals surface area contributed by atoms with Crippen LogP contribution in [0.1, 0.15) is 66.1 Å². The van der Waals surface area contributed by atoms with E-state index in [2.05, 4.69) is 54.0 Å². The van der Waals surface area contributed by atoms with Crippen molar-refractivity contribution in [2.24, 2.45) is 11.3 Å². The second-order valence-electron chi connectivity index (χ2n) is 8.59. The molecular formula is C22H27IN2O3S. The Balaban J connectivity index is 1.65. The Bertz CT molecular complexity index is 969. The molecule has 0 fully saturated rings. The lowest BCUT2D eigenvalue weighted by Crippen LogP contribution is -2.38. The molecular weight excluding hydrogens is 499 g/mol. The highest BCUT2D eigenvalue weighted by Gasteiger charge is 2.37. The third-order valence-corrected chi connectivity index (χ3v) is 8.67. The van der Waals surface area contributed by atoms with Gasteiger partial charge in [-0.1, -0.05) is 27.2 Å². The van der Waals surface area contributed by atoms with Gasteiger partial charge in [0.2, 0.25) is 0 Å². The summed E-state index contributed by atoms with van der Waals surface area (Å²) >= 11 is 3.81. The van der Waals surface area contributed by atoms with Gasteiger partial charge < -0.3 is 20.5 Å². The number of hydrogen-bond acceptors (Lipinski definition) is 5. The van der Waals surface area contributed by atoms with Crippen LogP contribution in [0.15, 0.2) is 12.1 Å². The number of phenols is 1. The smallest absolute Gasteiger partial charge is 0.256 e. The Hall–Kier alpha value is -1.48. The first-order valence-electron chi connectivity index (χ1n) is 10.0. The number of fused-ring (bicyclic) bond motifs is 3. The molecule has 1 aliphatic heterocycles. The Labute approximate surface area is 189 Å². The van der Waals surface area contributed by atoms with Gasteiger partial charge in [-0.15, -0.1) is 11.3 Å². The largest absolute Gasteiger partial charge is 0.504 e. The predicted molar refractivity (Wildman–Crippen MR) is 125 cm³/mol. The van der Waals surface area contributed by atoms with E-state index < -0.39 is 0 Å². The van der Waals surface area contributed by atoms with Gasteiger partial charge in [-0.2, -0.15) is 0 Å². The number of amides is 1. The van der Waals surface area contributed by atoms with E-state index in [0.717, 1.165) is 35.4 Å². The highest BCUT2D eigenvalue weighted by Crippen LogP contribution is 2.47. The zero-order chi connectivity index (χ0) is 20.9. The molecule has 1 aromatic heterocycles. The van der Waals surface area contributed by atoms with Gasteiger partial charge in [0.15, 0.2) is 11.5 Å². The topological polar surface area (TPSA) is 70.6 Å². The minimum atomic E-state index is -0.346. The van der Waals surface area contributed by atoms with Crippen LogP contribution in [0.2, 0.25) is 0 Å². The molecule has 0 saturated heterocycles. The Kier molecular flexibility index (Phi) is 5.48. The molecule has 1 aromatic carbocycles. The quantitative estimate of drug-likeness (QED) is 0.463. The lowest BCUT2D eigenvalue weighted by atomic mass is 9.69. The summed E-state index contributed by atoms with van der Waals surface area (Å²) in [6, 6.07) is 3.64. The van der Waals surface area contributed by atoms with E-state index in [1.54, 1.807) is 17.4 Å². The average molecular weight is 526 g/mol. The summed E-state index contributed by atoms with van der Waals surface area (Å²) in [6.45, 7) is 6.98. The van der Waals surface area contributed by atoms with Gasteiger partial charge in [-0.3, -0.25) is 4.79 Å². The molecule has 0 saturated carbocycles.